The van der Waals surface area contributed by atoms with Crippen molar-refractivity contribution in [2.75, 3.05) is 85.5 Å². The molecule has 117 heavy (non-hydrogen) atoms. The molecule has 22 nitrogen and oxygen atoms in total. The second-order valence-corrected chi connectivity index (χ2v) is 33.8. The number of fused-ring (bicyclic) bond motifs is 3. The molecule has 0 aliphatic carbocycles. The summed E-state index contributed by atoms with van der Waals surface area (Å²) < 4.78 is 78.3. The molecule has 6 aromatic carbocycles. The Morgan fingerprint density at radius 1 is 0.581 bits per heavy atom. The zero-order valence-electron chi connectivity index (χ0n) is 71.2. The molecule has 1 aromatic heterocycles. The summed E-state index contributed by atoms with van der Waals surface area (Å²) in [6, 6.07) is 39.0. The van der Waals surface area contributed by atoms with Crippen LogP contribution in [0.4, 0.5) is 51.3 Å². The minimum absolute atomic E-state index is 0.0208. The predicted octanol–water partition coefficient (Wildman–Crippen LogP) is 22.1. The van der Waals surface area contributed by atoms with Gasteiger partial charge in [0.2, 0.25) is 5.84 Å². The Labute approximate surface area is 697 Å². The number of amides is 2. The fourth-order valence-corrected chi connectivity index (χ4v) is 17.5. The van der Waals surface area contributed by atoms with E-state index in [1.807, 2.05) is 54.3 Å². The summed E-state index contributed by atoms with van der Waals surface area (Å²) in [5.41, 5.74) is 9.65. The number of aromatic amines is 1. The van der Waals surface area contributed by atoms with Gasteiger partial charge in [-0.25, -0.2) is 20.0 Å². The summed E-state index contributed by atoms with van der Waals surface area (Å²) in [6.07, 6.45) is 35.3. The number of unbranched alkanes of at least 4 members (excludes halogenated alkanes) is 23. The van der Waals surface area contributed by atoms with Crippen molar-refractivity contribution < 1.29 is 45.5 Å². The number of sulfonamides is 2. The second kappa shape index (κ2) is 47.7. The molecule has 0 bridgehead atoms. The maximum atomic E-state index is 14.9. The molecule has 0 spiro atoms. The summed E-state index contributed by atoms with van der Waals surface area (Å²) >= 11 is 0. The van der Waals surface area contributed by atoms with Crippen LogP contribution >= 0.6 is 0 Å². The molecule has 7 aromatic rings. The maximum Gasteiger partial charge on any atom is 0.292 e. The number of nitrogens with one attached hydrogen (secondary N) is 3. The number of carbonyl (C=O) groups is 2. The first-order chi connectivity index (χ1) is 56.9. The molecular weight excluding hydrogens is 1510 g/mol. The molecule has 0 atom stereocenters. The van der Waals surface area contributed by atoms with Gasteiger partial charge in [0.25, 0.3) is 31.9 Å². The lowest BCUT2D eigenvalue weighted by Crippen LogP contribution is -2.46. The van der Waals surface area contributed by atoms with Gasteiger partial charge in [-0.2, -0.15) is 16.8 Å². The Hall–Kier alpha value is -9.65. The highest BCUT2D eigenvalue weighted by atomic mass is 32.2. The van der Waals surface area contributed by atoms with Crippen molar-refractivity contribution in [1.82, 2.24) is 9.45 Å². The molecule has 0 saturated carbocycles. The first-order valence-corrected chi connectivity index (χ1v) is 46.0. The average Bonchev–Trinajstić information content (AvgIpc) is 1.51. The van der Waals surface area contributed by atoms with E-state index in [1.165, 1.54) is 136 Å². The maximum absolute atomic E-state index is 14.9. The number of aryl methyl sites for hydroxylation is 3. The van der Waals surface area contributed by atoms with Crippen LogP contribution in [0.25, 0.3) is 0 Å². The molecular formula is C93H128N12O10S2. The fourth-order valence-electron chi connectivity index (χ4n) is 15.0. The number of carbonyl (C=O) groups excluding carboxylic acids is 2. The van der Waals surface area contributed by atoms with E-state index in [9.17, 15) is 26.4 Å². The monoisotopic (exact) mass is 1640 g/mol. The normalized spacial score (nSPS) is 14.2. The van der Waals surface area contributed by atoms with Crippen molar-refractivity contribution in [2.45, 2.75) is 251 Å². The molecule has 0 unspecified atom stereocenters. The van der Waals surface area contributed by atoms with Crippen molar-refractivity contribution in [2.24, 2.45) is 24.4 Å². The smallest absolute Gasteiger partial charge is 0.292 e. The van der Waals surface area contributed by atoms with Crippen LogP contribution in [-0.2, 0) is 52.1 Å². The number of hydroxylamine groups is 1. The molecule has 3 N–H and O–H groups in total. The van der Waals surface area contributed by atoms with Gasteiger partial charge in [0, 0.05) is 62.4 Å². The van der Waals surface area contributed by atoms with Crippen molar-refractivity contribution in [1.29, 1.82) is 0 Å². The van der Waals surface area contributed by atoms with Crippen LogP contribution in [-0.4, -0.2) is 128 Å². The molecule has 10 rings (SSSR count). The summed E-state index contributed by atoms with van der Waals surface area (Å²) in [6.45, 7) is 21.7. The van der Waals surface area contributed by atoms with Gasteiger partial charge >= 0.3 is 0 Å². The molecule has 3 aliphatic rings. The lowest BCUT2D eigenvalue weighted by molar-refractivity contribution is -0.111. The van der Waals surface area contributed by atoms with Gasteiger partial charge in [-0.15, -0.1) is 8.87 Å². The van der Waals surface area contributed by atoms with Crippen molar-refractivity contribution in [3.05, 3.63) is 161 Å². The van der Waals surface area contributed by atoms with E-state index in [2.05, 4.69) is 108 Å². The third kappa shape index (κ3) is 26.4. The van der Waals surface area contributed by atoms with Gasteiger partial charge in [-0.3, -0.25) is 14.4 Å². The predicted molar refractivity (Wildman–Crippen MR) is 481 cm³/mol. The first kappa shape index (κ1) is 91.3. The molecule has 2 amide bonds. The summed E-state index contributed by atoms with van der Waals surface area (Å²) in [7, 11) is -5.44. The van der Waals surface area contributed by atoms with Crippen LogP contribution < -0.4 is 34.8 Å². The zero-order valence-corrected chi connectivity index (χ0v) is 72.8. The van der Waals surface area contributed by atoms with E-state index in [4.69, 9.17) is 34.0 Å². The Bertz CT molecular complexity index is 4740. The number of ether oxygens (including phenoxy) is 3. The van der Waals surface area contributed by atoms with E-state index in [-0.39, 0.29) is 45.3 Å². The lowest BCUT2D eigenvalue weighted by Gasteiger charge is -2.31. The minimum Gasteiger partial charge on any atom is -0.495 e. The second-order valence-electron chi connectivity index (χ2n) is 30.5. The van der Waals surface area contributed by atoms with Crippen LogP contribution in [0.15, 0.2) is 168 Å². The number of nitrogens with zero attached hydrogens (tertiary/aromatic N) is 9. The number of aromatic nitrogens is 1. The summed E-state index contributed by atoms with van der Waals surface area (Å²) in [5, 5.41) is 6.02. The number of benzene rings is 6. The Morgan fingerprint density at radius 3 is 1.86 bits per heavy atom. The highest BCUT2D eigenvalue weighted by Gasteiger charge is 2.41. The van der Waals surface area contributed by atoms with E-state index in [1.54, 1.807) is 54.6 Å². The Balaban J connectivity index is 0.000000274. The Kier molecular flexibility index (Phi) is 37.2. The van der Waals surface area contributed by atoms with Gasteiger partial charge in [0.05, 0.1) is 55.9 Å². The van der Waals surface area contributed by atoms with Gasteiger partial charge in [0.1, 0.15) is 21.3 Å². The first-order valence-electron chi connectivity index (χ1n) is 43.1. The molecule has 4 heterocycles. The fraction of sp³-hybridized carbons (Fsp3) is 0.495. The molecule has 24 heteroatoms. The van der Waals surface area contributed by atoms with Crippen molar-refractivity contribution in [3.8, 4) is 11.5 Å². The van der Waals surface area contributed by atoms with Crippen LogP contribution in [0.1, 0.15) is 243 Å². The molecule has 0 saturated heterocycles. The number of aliphatic imine (C=N–C) groups is 4. The number of H-pyrrole nitrogens is 1. The topological polar surface area (TPSA) is 254 Å². The van der Waals surface area contributed by atoms with Gasteiger partial charge in [0.15, 0.2) is 29.5 Å². The number of anilines is 5. The highest BCUT2D eigenvalue weighted by Crippen LogP contribution is 2.39. The summed E-state index contributed by atoms with van der Waals surface area (Å²) in [5.74, 6) is -0.0812. The van der Waals surface area contributed by atoms with E-state index in [0.29, 0.717) is 65.9 Å². The van der Waals surface area contributed by atoms with E-state index < -0.39 is 31.9 Å². The SMILES string of the molecule is CCCCCCCCCCCCN1C(C(=Nc2ccc(N(CC)CC)cc2N=COC)C(=O)Nc2ccccc2OC)=NS(=O)(=O)c2ccccc21.CCCCCCCCCCCCON1C(C(=Nc2ccc3c(c2)CCCN3CC)C(=O)Nc2cc(Cc3cc(C)ccc3OCCCCCCCC)ccc2C)=Nc2[nH]ccc2S1(=O)=O. The number of methoxy groups -OCH3 is 2. The van der Waals surface area contributed by atoms with Crippen molar-refractivity contribution >= 4 is 113 Å². The summed E-state index contributed by atoms with van der Waals surface area (Å²) in [4.78, 5) is 63.9. The molecule has 0 radical (unpaired) electrons. The van der Waals surface area contributed by atoms with Crippen LogP contribution in [0.3, 0.4) is 0 Å². The number of hydrogen-bond donors (Lipinski definition) is 3. The van der Waals surface area contributed by atoms with Crippen LogP contribution in [0, 0.1) is 13.8 Å². The number of hydrogen-bond acceptors (Lipinski definition) is 17. The van der Waals surface area contributed by atoms with E-state index in [0.717, 1.165) is 146 Å². The van der Waals surface area contributed by atoms with Crippen LogP contribution in [0.2, 0.25) is 0 Å². The van der Waals surface area contributed by atoms with Gasteiger partial charge in [-0.1, -0.05) is 223 Å². The minimum atomic E-state index is -4.27. The number of rotatable bonds is 48. The van der Waals surface area contributed by atoms with Crippen LogP contribution in [0.5, 0.6) is 11.5 Å². The molecule has 0 fully saturated rings. The van der Waals surface area contributed by atoms with Gasteiger partial charge < -0.3 is 44.5 Å². The largest absolute Gasteiger partial charge is 0.495 e. The average molecular weight is 1640 g/mol. The lowest BCUT2D eigenvalue weighted by atomic mass is 10.00. The zero-order chi connectivity index (χ0) is 83.4. The highest BCUT2D eigenvalue weighted by molar-refractivity contribution is 7.90. The molecule has 632 valence electrons. The standard InChI is InChI=1S/C53H74N6O5S.C40H54N6O5S/c1-6-9-11-13-15-16-17-18-20-22-35-64-59-52(57-51-49(31-32-54-51)65(59,61)62)50(55-45-28-29-47-43(39-45)24-23-33-58(47)8-3)53(60)56-46-38-42(27-26-41(46)5)37-44-36-40(4)25-30-48(44)63-34-21-19-14-12-10-7-2;1-6-9-10-11-12-13-14-15-16-21-28-46-35-23-18-20-25-37(35)52(48,49)44-39(46)38(40(47)43-33-22-17-19-24-36(33)51-5)42-32-27-26-31(45(7-2)8-3)29-34(32)41-30-50-4/h25-32,36,38-39,54H,6-24,33-35,37H2,1-5H3,(H,56,60);17-20,22-27,29-30H,6-16,21,28H2,1-5H3,(H,43,47). The third-order valence-electron chi connectivity index (χ3n) is 21.6. The van der Waals surface area contributed by atoms with E-state index >= 15 is 0 Å². The quantitative estimate of drug-likeness (QED) is 0.0182. The van der Waals surface area contributed by atoms with Gasteiger partial charge in [-0.05, 0) is 168 Å². The number of para-hydroxylation sites is 3. The number of amidine groups is 2. The Morgan fingerprint density at radius 2 is 1.21 bits per heavy atom. The van der Waals surface area contributed by atoms with Crippen molar-refractivity contribution in [3.63, 3.8) is 0 Å². The third-order valence-corrected chi connectivity index (χ3v) is 24.5. The molecule has 3 aliphatic heterocycles.